The summed E-state index contributed by atoms with van der Waals surface area (Å²) in [5, 5.41) is 12.0. The quantitative estimate of drug-likeness (QED) is 0.601. The summed E-state index contributed by atoms with van der Waals surface area (Å²) in [6.45, 7) is 4.63. The molecule has 0 amide bonds. The third kappa shape index (κ3) is 5.21. The molecule has 1 aliphatic rings. The second-order valence-corrected chi connectivity index (χ2v) is 3.94. The average Bonchev–Trinajstić information content (AvgIpc) is 3.01. The van der Waals surface area contributed by atoms with Crippen molar-refractivity contribution in [2.24, 2.45) is 5.92 Å². The fourth-order valence-electron chi connectivity index (χ4n) is 1.27. The predicted molar refractivity (Wildman–Crippen MR) is 55.9 cm³/mol. The summed E-state index contributed by atoms with van der Waals surface area (Å²) in [6, 6.07) is 2.22. The first-order valence-electron chi connectivity index (χ1n) is 5.57. The smallest absolute Gasteiger partial charge is 0.0975 e. The number of nitrogens with one attached hydrogen (secondary N) is 1. The second-order valence-electron chi connectivity index (χ2n) is 3.94. The largest absolute Gasteiger partial charge is 0.381 e. The van der Waals surface area contributed by atoms with Crippen LogP contribution in [-0.4, -0.2) is 25.8 Å². The standard InChI is InChI=1S/C11H20N2O/c1-2-6-13-11(8-12)5-7-14-9-10-3-4-10/h10-11,13H,2-7,9H2,1H3. The monoisotopic (exact) mass is 196 g/mol. The lowest BCUT2D eigenvalue weighted by molar-refractivity contribution is 0.118. The van der Waals surface area contributed by atoms with Crippen LogP contribution in [0.15, 0.2) is 0 Å². The van der Waals surface area contributed by atoms with Crippen molar-refractivity contribution in [1.82, 2.24) is 5.32 Å². The fourth-order valence-corrected chi connectivity index (χ4v) is 1.27. The molecule has 0 radical (unpaired) electrons. The van der Waals surface area contributed by atoms with Crippen LogP contribution in [0.25, 0.3) is 0 Å². The van der Waals surface area contributed by atoms with Crippen LogP contribution in [-0.2, 0) is 4.74 Å². The molecule has 1 aliphatic carbocycles. The topological polar surface area (TPSA) is 45.0 Å². The maximum atomic E-state index is 8.81. The molecule has 1 N–H and O–H groups in total. The Kier molecular flexibility index (Phi) is 5.58. The lowest BCUT2D eigenvalue weighted by atomic mass is 10.2. The Labute approximate surface area is 86.4 Å². The molecule has 0 spiro atoms. The number of nitriles is 1. The Hall–Kier alpha value is -0.590. The van der Waals surface area contributed by atoms with E-state index in [2.05, 4.69) is 18.3 Å². The summed E-state index contributed by atoms with van der Waals surface area (Å²) in [7, 11) is 0. The molecule has 3 nitrogen and oxygen atoms in total. The summed E-state index contributed by atoms with van der Waals surface area (Å²) in [5.41, 5.74) is 0. The Balaban J connectivity index is 1.93. The van der Waals surface area contributed by atoms with Gasteiger partial charge in [0.1, 0.15) is 0 Å². The summed E-state index contributed by atoms with van der Waals surface area (Å²) in [4.78, 5) is 0. The van der Waals surface area contributed by atoms with Crippen molar-refractivity contribution >= 4 is 0 Å². The molecule has 14 heavy (non-hydrogen) atoms. The van der Waals surface area contributed by atoms with Gasteiger partial charge in [-0.25, -0.2) is 0 Å². The number of hydrogen-bond acceptors (Lipinski definition) is 3. The van der Waals surface area contributed by atoms with E-state index in [0.717, 1.165) is 31.9 Å². The van der Waals surface area contributed by atoms with Crippen molar-refractivity contribution in [3.63, 3.8) is 0 Å². The average molecular weight is 196 g/mol. The molecule has 0 bridgehead atoms. The molecule has 0 saturated heterocycles. The first-order chi connectivity index (χ1) is 6.86. The molecule has 0 aromatic carbocycles. The van der Waals surface area contributed by atoms with Crippen LogP contribution in [0.3, 0.4) is 0 Å². The minimum Gasteiger partial charge on any atom is -0.381 e. The number of nitrogens with zero attached hydrogens (tertiary/aromatic N) is 1. The van der Waals surface area contributed by atoms with Crippen LogP contribution in [0.4, 0.5) is 0 Å². The Morgan fingerprint density at radius 3 is 2.93 bits per heavy atom. The Morgan fingerprint density at radius 1 is 1.57 bits per heavy atom. The third-order valence-electron chi connectivity index (χ3n) is 2.40. The highest BCUT2D eigenvalue weighted by atomic mass is 16.5. The van der Waals surface area contributed by atoms with Gasteiger partial charge in [0, 0.05) is 13.2 Å². The lowest BCUT2D eigenvalue weighted by Crippen LogP contribution is -2.29. The van der Waals surface area contributed by atoms with Crippen molar-refractivity contribution in [2.45, 2.75) is 38.6 Å². The molecule has 3 heteroatoms. The van der Waals surface area contributed by atoms with Gasteiger partial charge in [-0.05, 0) is 38.1 Å². The van der Waals surface area contributed by atoms with E-state index in [1.54, 1.807) is 0 Å². The van der Waals surface area contributed by atoms with Crippen LogP contribution in [0.1, 0.15) is 32.6 Å². The van der Waals surface area contributed by atoms with Crippen LogP contribution in [0.2, 0.25) is 0 Å². The summed E-state index contributed by atoms with van der Waals surface area (Å²) < 4.78 is 5.48. The number of hydrogen-bond donors (Lipinski definition) is 1. The maximum absolute atomic E-state index is 8.81. The highest BCUT2D eigenvalue weighted by molar-refractivity contribution is 4.89. The Bertz CT molecular complexity index is 184. The van der Waals surface area contributed by atoms with Gasteiger partial charge in [-0.1, -0.05) is 6.92 Å². The van der Waals surface area contributed by atoms with Gasteiger partial charge < -0.3 is 10.1 Å². The van der Waals surface area contributed by atoms with Gasteiger partial charge in [-0.3, -0.25) is 0 Å². The number of ether oxygens (including phenoxy) is 1. The minimum atomic E-state index is -0.0332. The van der Waals surface area contributed by atoms with Gasteiger partial charge in [0.15, 0.2) is 0 Å². The summed E-state index contributed by atoms with van der Waals surface area (Å²) in [5.74, 6) is 0.819. The molecule has 1 unspecified atom stereocenters. The van der Waals surface area contributed by atoms with Crippen LogP contribution < -0.4 is 5.32 Å². The lowest BCUT2D eigenvalue weighted by Gasteiger charge is -2.10. The van der Waals surface area contributed by atoms with Crippen molar-refractivity contribution in [1.29, 1.82) is 5.26 Å². The first kappa shape index (κ1) is 11.5. The van der Waals surface area contributed by atoms with E-state index in [9.17, 15) is 0 Å². The van der Waals surface area contributed by atoms with E-state index in [1.165, 1.54) is 12.8 Å². The molecular formula is C11H20N2O. The molecule has 1 atom stereocenters. The molecule has 0 aromatic heterocycles. The molecular weight excluding hydrogens is 176 g/mol. The highest BCUT2D eigenvalue weighted by Gasteiger charge is 2.21. The maximum Gasteiger partial charge on any atom is 0.0975 e. The fraction of sp³-hybridized carbons (Fsp3) is 0.909. The van der Waals surface area contributed by atoms with Crippen molar-refractivity contribution < 1.29 is 4.74 Å². The van der Waals surface area contributed by atoms with E-state index < -0.39 is 0 Å². The first-order valence-corrected chi connectivity index (χ1v) is 5.57. The number of rotatable bonds is 8. The van der Waals surface area contributed by atoms with Gasteiger partial charge >= 0.3 is 0 Å². The van der Waals surface area contributed by atoms with Crippen LogP contribution in [0, 0.1) is 17.2 Å². The zero-order valence-electron chi connectivity index (χ0n) is 8.96. The molecule has 1 saturated carbocycles. The molecule has 1 fully saturated rings. The molecule has 0 aliphatic heterocycles. The molecule has 1 rings (SSSR count). The van der Waals surface area contributed by atoms with Crippen molar-refractivity contribution in [3.05, 3.63) is 0 Å². The second kappa shape index (κ2) is 6.80. The SMILES string of the molecule is CCCNC(C#N)CCOCC1CC1. The van der Waals surface area contributed by atoms with E-state index >= 15 is 0 Å². The molecule has 80 valence electrons. The Morgan fingerprint density at radius 2 is 2.36 bits per heavy atom. The third-order valence-corrected chi connectivity index (χ3v) is 2.40. The van der Waals surface area contributed by atoms with Gasteiger partial charge in [-0.15, -0.1) is 0 Å². The van der Waals surface area contributed by atoms with E-state index in [1.807, 2.05) is 0 Å². The van der Waals surface area contributed by atoms with E-state index in [4.69, 9.17) is 10.00 Å². The summed E-state index contributed by atoms with van der Waals surface area (Å²) >= 11 is 0. The zero-order chi connectivity index (χ0) is 10.2. The minimum absolute atomic E-state index is 0.0332. The zero-order valence-corrected chi connectivity index (χ0v) is 8.96. The van der Waals surface area contributed by atoms with Crippen LogP contribution >= 0.6 is 0 Å². The van der Waals surface area contributed by atoms with Gasteiger partial charge in [-0.2, -0.15) is 5.26 Å². The van der Waals surface area contributed by atoms with Crippen LogP contribution in [0.5, 0.6) is 0 Å². The predicted octanol–water partition coefficient (Wildman–Crippen LogP) is 1.69. The van der Waals surface area contributed by atoms with Crippen molar-refractivity contribution in [3.8, 4) is 6.07 Å². The highest BCUT2D eigenvalue weighted by Crippen LogP contribution is 2.28. The normalized spacial score (nSPS) is 17.7. The summed E-state index contributed by atoms with van der Waals surface area (Å²) in [6.07, 6.45) is 4.54. The molecule has 0 aromatic rings. The van der Waals surface area contributed by atoms with E-state index in [-0.39, 0.29) is 6.04 Å². The molecule has 0 heterocycles. The van der Waals surface area contributed by atoms with Gasteiger partial charge in [0.05, 0.1) is 12.1 Å². The van der Waals surface area contributed by atoms with Gasteiger partial charge in [0.25, 0.3) is 0 Å². The van der Waals surface area contributed by atoms with E-state index in [0.29, 0.717) is 6.61 Å². The van der Waals surface area contributed by atoms with Crippen molar-refractivity contribution in [2.75, 3.05) is 19.8 Å². The van der Waals surface area contributed by atoms with Gasteiger partial charge in [0.2, 0.25) is 0 Å².